The second-order valence-electron chi connectivity index (χ2n) is 6.70. The third-order valence-electron chi connectivity index (χ3n) is 3.91. The van der Waals surface area contributed by atoms with Crippen LogP contribution in [0.25, 0.3) is 0 Å². The Morgan fingerprint density at radius 1 is 0.864 bits per heavy atom. The Kier molecular flexibility index (Phi) is 10.1. The molecule has 0 radical (unpaired) electrons. The molecule has 0 rings (SSSR count). The van der Waals surface area contributed by atoms with E-state index in [1.807, 2.05) is 41.5 Å². The van der Waals surface area contributed by atoms with E-state index in [1.165, 1.54) is 0 Å². The molecule has 0 spiro atoms. The van der Waals surface area contributed by atoms with Crippen molar-refractivity contribution in [3.63, 3.8) is 0 Å². The van der Waals surface area contributed by atoms with Crippen molar-refractivity contribution < 1.29 is 19.1 Å². The number of rotatable bonds is 11. The summed E-state index contributed by atoms with van der Waals surface area (Å²) in [6, 6.07) is 0. The van der Waals surface area contributed by atoms with E-state index in [0.717, 1.165) is 25.7 Å². The summed E-state index contributed by atoms with van der Waals surface area (Å²) in [5, 5.41) is 0. The molecule has 0 N–H and O–H groups in total. The standard InChI is InChI=1S/C18H34O4/c1-7-9-11-21-16(19)18(15(5)6,13-14(3)4)17(20)22-12-10-8-2/h14-15H,7-13H2,1-6H3. The maximum atomic E-state index is 12.7. The highest BCUT2D eigenvalue weighted by atomic mass is 16.6. The molecule has 4 nitrogen and oxygen atoms in total. The molecule has 0 aromatic rings. The van der Waals surface area contributed by atoms with Crippen LogP contribution in [0.2, 0.25) is 0 Å². The second-order valence-corrected chi connectivity index (χ2v) is 6.70. The molecule has 0 amide bonds. The van der Waals surface area contributed by atoms with Crippen LogP contribution in [0, 0.1) is 17.3 Å². The predicted octanol–water partition coefficient (Wildman–Crippen LogP) is 4.36. The lowest BCUT2D eigenvalue weighted by molar-refractivity contribution is -0.178. The predicted molar refractivity (Wildman–Crippen MR) is 88.5 cm³/mol. The van der Waals surface area contributed by atoms with Gasteiger partial charge in [0.2, 0.25) is 0 Å². The summed E-state index contributed by atoms with van der Waals surface area (Å²) in [5.41, 5.74) is -1.18. The van der Waals surface area contributed by atoms with Gasteiger partial charge in [-0.05, 0) is 31.1 Å². The minimum absolute atomic E-state index is 0.154. The van der Waals surface area contributed by atoms with E-state index in [-0.39, 0.29) is 11.8 Å². The fourth-order valence-corrected chi connectivity index (χ4v) is 2.48. The smallest absolute Gasteiger partial charge is 0.323 e. The van der Waals surface area contributed by atoms with Crippen molar-refractivity contribution in [2.45, 2.75) is 73.6 Å². The summed E-state index contributed by atoms with van der Waals surface area (Å²) in [6.07, 6.45) is 3.99. The zero-order valence-corrected chi connectivity index (χ0v) is 15.2. The van der Waals surface area contributed by atoms with Crippen molar-refractivity contribution >= 4 is 11.9 Å². The van der Waals surface area contributed by atoms with Gasteiger partial charge in [-0.25, -0.2) is 0 Å². The Morgan fingerprint density at radius 2 is 1.27 bits per heavy atom. The summed E-state index contributed by atoms with van der Waals surface area (Å²) in [5.74, 6) is -0.796. The van der Waals surface area contributed by atoms with Crippen molar-refractivity contribution in [3.05, 3.63) is 0 Å². The number of esters is 2. The molecule has 0 heterocycles. The minimum Gasteiger partial charge on any atom is -0.465 e. The molecule has 0 atom stereocenters. The molecule has 130 valence electrons. The molecule has 0 aliphatic heterocycles. The van der Waals surface area contributed by atoms with Crippen LogP contribution in [0.3, 0.4) is 0 Å². The van der Waals surface area contributed by atoms with Gasteiger partial charge in [-0.15, -0.1) is 0 Å². The van der Waals surface area contributed by atoms with Crippen LogP contribution in [-0.2, 0) is 19.1 Å². The van der Waals surface area contributed by atoms with Gasteiger partial charge in [-0.2, -0.15) is 0 Å². The summed E-state index contributed by atoms with van der Waals surface area (Å²) in [6.45, 7) is 12.6. The first-order valence-electron chi connectivity index (χ1n) is 8.67. The minimum atomic E-state index is -1.18. The van der Waals surface area contributed by atoms with Crippen molar-refractivity contribution in [1.82, 2.24) is 0 Å². The van der Waals surface area contributed by atoms with Crippen molar-refractivity contribution in [2.24, 2.45) is 17.3 Å². The van der Waals surface area contributed by atoms with E-state index in [1.54, 1.807) is 0 Å². The molecular formula is C18H34O4. The molecule has 0 unspecified atom stereocenters. The Balaban J connectivity index is 5.22. The second kappa shape index (κ2) is 10.6. The highest BCUT2D eigenvalue weighted by Gasteiger charge is 2.51. The number of hydrogen-bond acceptors (Lipinski definition) is 4. The third kappa shape index (κ3) is 5.98. The van der Waals surface area contributed by atoms with Gasteiger partial charge in [0.15, 0.2) is 5.41 Å². The van der Waals surface area contributed by atoms with Gasteiger partial charge < -0.3 is 9.47 Å². The molecule has 0 aliphatic rings. The molecule has 0 aromatic heterocycles. The van der Waals surface area contributed by atoms with Crippen LogP contribution in [0.4, 0.5) is 0 Å². The molecule has 4 heteroatoms. The van der Waals surface area contributed by atoms with Gasteiger partial charge in [0.1, 0.15) is 0 Å². The molecule has 0 aliphatic carbocycles. The van der Waals surface area contributed by atoms with E-state index in [9.17, 15) is 9.59 Å². The fourth-order valence-electron chi connectivity index (χ4n) is 2.48. The number of hydrogen-bond donors (Lipinski definition) is 0. The summed E-state index contributed by atoms with van der Waals surface area (Å²) in [4.78, 5) is 25.3. The summed E-state index contributed by atoms with van der Waals surface area (Å²) in [7, 11) is 0. The number of carbonyl (C=O) groups excluding carboxylic acids is 2. The first-order chi connectivity index (χ1) is 10.3. The van der Waals surface area contributed by atoms with Crippen molar-refractivity contribution in [3.8, 4) is 0 Å². The third-order valence-corrected chi connectivity index (χ3v) is 3.91. The van der Waals surface area contributed by atoms with Crippen LogP contribution < -0.4 is 0 Å². The Bertz CT molecular complexity index is 312. The quantitative estimate of drug-likeness (QED) is 0.323. The van der Waals surface area contributed by atoms with Gasteiger partial charge in [0, 0.05) is 0 Å². The molecule has 0 saturated carbocycles. The van der Waals surface area contributed by atoms with Crippen LogP contribution in [0.5, 0.6) is 0 Å². The molecule has 22 heavy (non-hydrogen) atoms. The van der Waals surface area contributed by atoms with Gasteiger partial charge in [-0.3, -0.25) is 9.59 Å². The first kappa shape index (κ1) is 20.9. The molecular weight excluding hydrogens is 280 g/mol. The Morgan fingerprint density at radius 3 is 1.55 bits per heavy atom. The average molecular weight is 314 g/mol. The van der Waals surface area contributed by atoms with E-state index in [2.05, 4.69) is 0 Å². The Labute approximate surface area is 135 Å². The van der Waals surface area contributed by atoms with E-state index in [0.29, 0.717) is 19.6 Å². The van der Waals surface area contributed by atoms with Crippen LogP contribution in [0.15, 0.2) is 0 Å². The lowest BCUT2D eigenvalue weighted by Crippen LogP contribution is -2.47. The number of unbranched alkanes of at least 4 members (excludes halogenated alkanes) is 2. The van der Waals surface area contributed by atoms with Crippen molar-refractivity contribution in [2.75, 3.05) is 13.2 Å². The number of ether oxygens (including phenoxy) is 2. The van der Waals surface area contributed by atoms with Crippen LogP contribution >= 0.6 is 0 Å². The van der Waals surface area contributed by atoms with E-state index in [4.69, 9.17) is 9.47 Å². The van der Waals surface area contributed by atoms with E-state index >= 15 is 0 Å². The van der Waals surface area contributed by atoms with E-state index < -0.39 is 17.4 Å². The molecule has 0 saturated heterocycles. The Hall–Kier alpha value is -1.06. The average Bonchev–Trinajstić information content (AvgIpc) is 2.44. The van der Waals surface area contributed by atoms with Crippen LogP contribution in [-0.4, -0.2) is 25.2 Å². The molecule has 0 aromatic carbocycles. The van der Waals surface area contributed by atoms with Gasteiger partial charge in [-0.1, -0.05) is 54.4 Å². The lowest BCUT2D eigenvalue weighted by atomic mass is 9.71. The summed E-state index contributed by atoms with van der Waals surface area (Å²) >= 11 is 0. The monoisotopic (exact) mass is 314 g/mol. The zero-order chi connectivity index (χ0) is 17.2. The van der Waals surface area contributed by atoms with Gasteiger partial charge in [0.05, 0.1) is 13.2 Å². The maximum Gasteiger partial charge on any atom is 0.323 e. The molecule has 0 bridgehead atoms. The summed E-state index contributed by atoms with van der Waals surface area (Å²) < 4.78 is 10.8. The van der Waals surface area contributed by atoms with Crippen molar-refractivity contribution in [1.29, 1.82) is 0 Å². The lowest BCUT2D eigenvalue weighted by Gasteiger charge is -2.34. The normalized spacial score (nSPS) is 11.8. The van der Waals surface area contributed by atoms with Gasteiger partial charge >= 0.3 is 11.9 Å². The fraction of sp³-hybridized carbons (Fsp3) is 0.889. The van der Waals surface area contributed by atoms with Gasteiger partial charge in [0.25, 0.3) is 0 Å². The number of carbonyl (C=O) groups is 2. The largest absolute Gasteiger partial charge is 0.465 e. The van der Waals surface area contributed by atoms with Crippen LogP contribution in [0.1, 0.15) is 73.6 Å². The topological polar surface area (TPSA) is 52.6 Å². The highest BCUT2D eigenvalue weighted by molar-refractivity contribution is 6.00. The highest BCUT2D eigenvalue weighted by Crippen LogP contribution is 2.38. The SMILES string of the molecule is CCCCOC(=O)C(CC(C)C)(C(=O)OCCCC)C(C)C. The zero-order valence-electron chi connectivity index (χ0n) is 15.2. The first-order valence-corrected chi connectivity index (χ1v) is 8.67. The maximum absolute atomic E-state index is 12.7. The molecule has 0 fully saturated rings.